The van der Waals surface area contributed by atoms with Crippen LogP contribution in [0, 0.1) is 0 Å². The lowest BCUT2D eigenvalue weighted by Crippen LogP contribution is -2.30. The molecule has 2 N–H and O–H groups in total. The molecule has 1 aliphatic heterocycles. The fourth-order valence-corrected chi connectivity index (χ4v) is 2.79. The molecule has 0 fully saturated rings. The summed E-state index contributed by atoms with van der Waals surface area (Å²) < 4.78 is 1.18. The first-order valence-corrected chi connectivity index (χ1v) is 8.47. The van der Waals surface area contributed by atoms with Crippen molar-refractivity contribution in [1.29, 1.82) is 0 Å². The Morgan fingerprint density at radius 2 is 1.89 bits per heavy atom. The number of fused-ring (bicyclic) bond motifs is 1. The monoisotopic (exact) mass is 370 g/mol. The number of amides is 3. The molecular weight excluding hydrogens is 352 g/mol. The lowest BCUT2D eigenvalue weighted by Gasteiger charge is -2.12. The summed E-state index contributed by atoms with van der Waals surface area (Å²) in [6, 6.07) is 5.80. The van der Waals surface area contributed by atoms with Gasteiger partial charge in [-0.15, -0.1) is 0 Å². The molecule has 0 unspecified atom stereocenters. The smallest absolute Gasteiger partial charge is 0.325 e. The van der Waals surface area contributed by atoms with Crippen LogP contribution in [-0.4, -0.2) is 50.0 Å². The Morgan fingerprint density at radius 3 is 2.59 bits per heavy atom. The van der Waals surface area contributed by atoms with Gasteiger partial charge in [0.2, 0.25) is 0 Å². The van der Waals surface area contributed by atoms with E-state index in [-0.39, 0.29) is 29.4 Å². The van der Waals surface area contributed by atoms with E-state index in [1.54, 1.807) is 0 Å². The molecule has 2 heterocycles. The van der Waals surface area contributed by atoms with E-state index in [0.717, 1.165) is 12.8 Å². The third kappa shape index (κ3) is 3.71. The van der Waals surface area contributed by atoms with Gasteiger partial charge in [0.1, 0.15) is 6.54 Å². The summed E-state index contributed by atoms with van der Waals surface area (Å²) in [4.78, 5) is 49.0. The number of hydrogen-bond acceptors (Lipinski definition) is 5. The van der Waals surface area contributed by atoms with Crippen LogP contribution in [0.15, 0.2) is 30.5 Å². The van der Waals surface area contributed by atoms with Crippen molar-refractivity contribution >= 4 is 29.5 Å². The minimum atomic E-state index is -1.05. The van der Waals surface area contributed by atoms with Gasteiger partial charge in [-0.05, 0) is 24.6 Å². The van der Waals surface area contributed by atoms with Crippen molar-refractivity contribution < 1.29 is 24.3 Å². The molecule has 0 bridgehead atoms. The van der Waals surface area contributed by atoms with Gasteiger partial charge in [-0.1, -0.05) is 13.3 Å². The Labute approximate surface area is 154 Å². The van der Waals surface area contributed by atoms with Gasteiger partial charge in [0.15, 0.2) is 5.82 Å². The van der Waals surface area contributed by atoms with Crippen molar-refractivity contribution in [3.63, 3.8) is 0 Å². The first-order valence-electron chi connectivity index (χ1n) is 8.47. The summed E-state index contributed by atoms with van der Waals surface area (Å²) in [5, 5.41) is 15.2. The van der Waals surface area contributed by atoms with Crippen molar-refractivity contribution in [1.82, 2.24) is 14.7 Å². The molecule has 0 radical (unpaired) electrons. The Kier molecular flexibility index (Phi) is 5.02. The molecule has 0 atom stereocenters. The van der Waals surface area contributed by atoms with Crippen LogP contribution in [0.25, 0.3) is 0 Å². The van der Waals surface area contributed by atoms with Crippen LogP contribution in [0.3, 0.4) is 0 Å². The third-order valence-corrected chi connectivity index (χ3v) is 4.15. The zero-order chi connectivity index (χ0) is 19.6. The predicted octanol–water partition coefficient (Wildman–Crippen LogP) is 1.62. The number of carboxylic acid groups (broad SMARTS) is 1. The highest BCUT2D eigenvalue weighted by molar-refractivity contribution is 6.22. The van der Waals surface area contributed by atoms with E-state index >= 15 is 0 Å². The van der Waals surface area contributed by atoms with Crippen LogP contribution in [0.5, 0.6) is 0 Å². The van der Waals surface area contributed by atoms with Crippen LogP contribution in [0.2, 0.25) is 0 Å². The molecule has 27 heavy (non-hydrogen) atoms. The molecule has 1 aliphatic rings. The number of hydrogen-bond donors (Lipinski definition) is 2. The largest absolute Gasteiger partial charge is 0.480 e. The standard InChI is InChI=1S/C18H18N4O5/c1-2-3-7-22-17(26)12-5-4-11(9-13(12)18(22)27)16(25)19-14-6-8-21(20-14)10-15(23)24/h4-6,8-9H,2-3,7,10H2,1H3,(H,23,24)(H,19,20,25). The molecule has 0 saturated heterocycles. The second-order valence-electron chi connectivity index (χ2n) is 6.12. The lowest BCUT2D eigenvalue weighted by molar-refractivity contribution is -0.137. The zero-order valence-electron chi connectivity index (χ0n) is 14.6. The molecule has 3 amide bonds. The number of benzene rings is 1. The maximum Gasteiger partial charge on any atom is 0.325 e. The van der Waals surface area contributed by atoms with Gasteiger partial charge in [0, 0.05) is 24.4 Å². The highest BCUT2D eigenvalue weighted by atomic mass is 16.4. The number of carbonyl (C=O) groups excluding carboxylic acids is 3. The summed E-state index contributed by atoms with van der Waals surface area (Å²) in [6.07, 6.45) is 3.01. The lowest BCUT2D eigenvalue weighted by atomic mass is 10.1. The Hall–Kier alpha value is -3.49. The van der Waals surface area contributed by atoms with Crippen molar-refractivity contribution in [3.05, 3.63) is 47.2 Å². The van der Waals surface area contributed by atoms with E-state index in [1.807, 2.05) is 6.92 Å². The summed E-state index contributed by atoms with van der Waals surface area (Å²) in [6.45, 7) is 2.00. The zero-order valence-corrected chi connectivity index (χ0v) is 14.6. The normalized spacial score (nSPS) is 13.0. The van der Waals surface area contributed by atoms with Crippen LogP contribution >= 0.6 is 0 Å². The summed E-state index contributed by atoms with van der Waals surface area (Å²) >= 11 is 0. The van der Waals surface area contributed by atoms with Crippen molar-refractivity contribution in [3.8, 4) is 0 Å². The Bertz CT molecular complexity index is 934. The number of aromatic nitrogens is 2. The Morgan fingerprint density at radius 1 is 1.15 bits per heavy atom. The quantitative estimate of drug-likeness (QED) is 0.714. The van der Waals surface area contributed by atoms with Gasteiger partial charge in [-0.2, -0.15) is 5.10 Å². The van der Waals surface area contributed by atoms with E-state index in [2.05, 4.69) is 10.4 Å². The predicted molar refractivity (Wildman–Crippen MR) is 94.5 cm³/mol. The number of imide groups is 1. The fraction of sp³-hybridized carbons (Fsp3) is 0.278. The van der Waals surface area contributed by atoms with E-state index in [4.69, 9.17) is 5.11 Å². The maximum atomic E-state index is 12.5. The number of nitrogens with one attached hydrogen (secondary N) is 1. The van der Waals surface area contributed by atoms with Gasteiger partial charge in [-0.3, -0.25) is 28.8 Å². The molecule has 0 aliphatic carbocycles. The Balaban J connectivity index is 1.76. The van der Waals surface area contributed by atoms with E-state index in [1.165, 1.54) is 40.0 Å². The number of aliphatic carboxylic acids is 1. The van der Waals surface area contributed by atoms with Crippen LogP contribution in [0.1, 0.15) is 50.8 Å². The molecule has 1 aromatic carbocycles. The minimum absolute atomic E-state index is 0.189. The highest BCUT2D eigenvalue weighted by Crippen LogP contribution is 2.24. The minimum Gasteiger partial charge on any atom is -0.480 e. The van der Waals surface area contributed by atoms with Crippen molar-refractivity contribution in [2.75, 3.05) is 11.9 Å². The van der Waals surface area contributed by atoms with E-state index in [9.17, 15) is 19.2 Å². The van der Waals surface area contributed by atoms with E-state index < -0.39 is 17.8 Å². The molecular formula is C18H18N4O5. The first-order chi connectivity index (χ1) is 12.9. The number of rotatable bonds is 7. The second kappa shape index (κ2) is 7.40. The second-order valence-corrected chi connectivity index (χ2v) is 6.12. The third-order valence-electron chi connectivity index (χ3n) is 4.15. The topological polar surface area (TPSA) is 122 Å². The molecule has 1 aromatic heterocycles. The molecule has 2 aromatic rings. The van der Waals surface area contributed by atoms with Gasteiger partial charge in [0.25, 0.3) is 17.7 Å². The number of anilines is 1. The van der Waals surface area contributed by atoms with Gasteiger partial charge in [0.05, 0.1) is 11.1 Å². The van der Waals surface area contributed by atoms with Gasteiger partial charge in [-0.25, -0.2) is 0 Å². The molecule has 0 saturated carbocycles. The van der Waals surface area contributed by atoms with Gasteiger partial charge >= 0.3 is 5.97 Å². The summed E-state index contributed by atoms with van der Waals surface area (Å²) in [5.41, 5.74) is 0.707. The number of nitrogens with zero attached hydrogens (tertiary/aromatic N) is 3. The molecule has 3 rings (SSSR count). The maximum absolute atomic E-state index is 12.5. The van der Waals surface area contributed by atoms with Crippen LogP contribution in [0.4, 0.5) is 5.82 Å². The van der Waals surface area contributed by atoms with Crippen molar-refractivity contribution in [2.24, 2.45) is 0 Å². The molecule has 9 heteroatoms. The molecule has 140 valence electrons. The fourth-order valence-electron chi connectivity index (χ4n) is 2.79. The molecule has 0 spiro atoms. The highest BCUT2D eigenvalue weighted by Gasteiger charge is 2.35. The van der Waals surface area contributed by atoms with Crippen molar-refractivity contribution in [2.45, 2.75) is 26.3 Å². The molecule has 9 nitrogen and oxygen atoms in total. The summed E-state index contributed by atoms with van der Waals surface area (Å²) in [5.74, 6) is -2.11. The number of unbranched alkanes of at least 4 members (excludes halogenated alkanes) is 1. The first kappa shape index (κ1) is 18.3. The van der Waals surface area contributed by atoms with Crippen LogP contribution < -0.4 is 5.32 Å². The average Bonchev–Trinajstić information content (AvgIpc) is 3.15. The average molecular weight is 370 g/mol. The summed E-state index contributed by atoms with van der Waals surface area (Å²) in [7, 11) is 0. The SMILES string of the molecule is CCCCN1C(=O)c2ccc(C(=O)Nc3ccn(CC(=O)O)n3)cc2C1=O. The number of carbonyl (C=O) groups is 4. The number of carboxylic acids is 1. The van der Waals surface area contributed by atoms with Crippen LogP contribution in [-0.2, 0) is 11.3 Å². The van der Waals surface area contributed by atoms with E-state index in [0.29, 0.717) is 12.1 Å². The van der Waals surface area contributed by atoms with Gasteiger partial charge < -0.3 is 10.4 Å².